The maximum atomic E-state index is 13.3. The van der Waals surface area contributed by atoms with Crippen LogP contribution < -0.4 is 5.32 Å². The lowest BCUT2D eigenvalue weighted by molar-refractivity contribution is -0.136. The van der Waals surface area contributed by atoms with Crippen LogP contribution in [0.1, 0.15) is 36.5 Å². The van der Waals surface area contributed by atoms with Crippen molar-refractivity contribution in [2.24, 2.45) is 0 Å². The van der Waals surface area contributed by atoms with Crippen molar-refractivity contribution in [1.29, 1.82) is 0 Å². The van der Waals surface area contributed by atoms with Gasteiger partial charge >= 0.3 is 6.18 Å². The Morgan fingerprint density at radius 3 is 2.38 bits per heavy atom. The molecule has 3 rings (SSSR count). The van der Waals surface area contributed by atoms with Crippen molar-refractivity contribution in [1.82, 2.24) is 0 Å². The SMILES string of the molecule is CCCC1(c2ccc(O)cc2)C(=O)Nc2c(C(F)(F)F)cccc21. The van der Waals surface area contributed by atoms with E-state index in [1.807, 2.05) is 6.92 Å². The van der Waals surface area contributed by atoms with E-state index in [4.69, 9.17) is 0 Å². The second kappa shape index (κ2) is 5.54. The van der Waals surface area contributed by atoms with Gasteiger partial charge in [0, 0.05) is 0 Å². The molecule has 6 heteroatoms. The number of carbonyl (C=O) groups excluding carboxylic acids is 1. The number of anilines is 1. The number of aromatic hydroxyl groups is 1. The fourth-order valence-corrected chi connectivity index (χ4v) is 3.42. The summed E-state index contributed by atoms with van der Waals surface area (Å²) in [6.45, 7) is 1.88. The molecule has 3 nitrogen and oxygen atoms in total. The molecule has 2 aromatic carbocycles. The van der Waals surface area contributed by atoms with Crippen LogP contribution in [0.3, 0.4) is 0 Å². The third-order valence-corrected chi connectivity index (χ3v) is 4.44. The van der Waals surface area contributed by atoms with Crippen LogP contribution in [0.15, 0.2) is 42.5 Å². The molecular weight excluding hydrogens is 319 g/mol. The maximum absolute atomic E-state index is 13.3. The highest BCUT2D eigenvalue weighted by Crippen LogP contribution is 2.50. The van der Waals surface area contributed by atoms with E-state index in [1.165, 1.54) is 18.2 Å². The molecule has 126 valence electrons. The molecule has 0 spiro atoms. The van der Waals surface area contributed by atoms with E-state index in [0.29, 0.717) is 24.0 Å². The molecule has 1 atom stereocenters. The van der Waals surface area contributed by atoms with Crippen molar-refractivity contribution >= 4 is 11.6 Å². The number of phenolic OH excluding ortho intramolecular Hbond substituents is 1. The number of amides is 1. The summed E-state index contributed by atoms with van der Waals surface area (Å²) in [6.07, 6.45) is -3.56. The minimum atomic E-state index is -4.55. The molecule has 2 aromatic rings. The van der Waals surface area contributed by atoms with E-state index in [0.717, 1.165) is 6.07 Å². The normalized spacial score (nSPS) is 19.9. The first-order valence-corrected chi connectivity index (χ1v) is 7.62. The van der Waals surface area contributed by atoms with Gasteiger partial charge in [-0.1, -0.05) is 37.6 Å². The minimum absolute atomic E-state index is 0.0352. The van der Waals surface area contributed by atoms with Gasteiger partial charge in [0.25, 0.3) is 0 Å². The molecule has 24 heavy (non-hydrogen) atoms. The monoisotopic (exact) mass is 335 g/mol. The third kappa shape index (κ3) is 2.33. The summed E-state index contributed by atoms with van der Waals surface area (Å²) >= 11 is 0. The van der Waals surface area contributed by atoms with E-state index < -0.39 is 23.1 Å². The number of rotatable bonds is 3. The van der Waals surface area contributed by atoms with E-state index in [1.54, 1.807) is 18.2 Å². The standard InChI is InChI=1S/C18H16F3NO2/c1-2-10-17(11-6-8-12(23)9-7-11)13-4-3-5-14(18(19,20)21)15(13)22-16(17)24/h3-9,23H,2,10H2,1H3,(H,22,24). The zero-order valence-electron chi connectivity index (χ0n) is 12.9. The van der Waals surface area contributed by atoms with Gasteiger partial charge in [-0.15, -0.1) is 0 Å². The fraction of sp³-hybridized carbons (Fsp3) is 0.278. The van der Waals surface area contributed by atoms with Gasteiger partial charge in [0.2, 0.25) is 5.91 Å². The first kappa shape index (κ1) is 16.4. The summed E-state index contributed by atoms with van der Waals surface area (Å²) < 4.78 is 39.8. The van der Waals surface area contributed by atoms with Crippen molar-refractivity contribution < 1.29 is 23.1 Å². The summed E-state index contributed by atoms with van der Waals surface area (Å²) in [5.41, 5.74) is -1.30. The number of benzene rings is 2. The van der Waals surface area contributed by atoms with E-state index >= 15 is 0 Å². The number of fused-ring (bicyclic) bond motifs is 1. The minimum Gasteiger partial charge on any atom is -0.508 e. The molecule has 0 aliphatic carbocycles. The highest BCUT2D eigenvalue weighted by atomic mass is 19.4. The van der Waals surface area contributed by atoms with Gasteiger partial charge < -0.3 is 10.4 Å². The first-order chi connectivity index (χ1) is 11.3. The average Bonchev–Trinajstić information content (AvgIpc) is 2.80. The second-order valence-corrected chi connectivity index (χ2v) is 5.88. The number of nitrogens with one attached hydrogen (secondary N) is 1. The topological polar surface area (TPSA) is 49.3 Å². The van der Waals surface area contributed by atoms with Gasteiger partial charge in [0.15, 0.2) is 0 Å². The average molecular weight is 335 g/mol. The number of phenols is 1. The zero-order valence-corrected chi connectivity index (χ0v) is 12.9. The molecule has 1 amide bonds. The summed E-state index contributed by atoms with van der Waals surface area (Å²) in [5.74, 6) is -0.435. The van der Waals surface area contributed by atoms with Crippen LogP contribution in [-0.4, -0.2) is 11.0 Å². The lowest BCUT2D eigenvalue weighted by Crippen LogP contribution is -2.35. The maximum Gasteiger partial charge on any atom is 0.418 e. The number of halogens is 3. The molecule has 0 aromatic heterocycles. The molecule has 0 radical (unpaired) electrons. The summed E-state index contributed by atoms with van der Waals surface area (Å²) in [4.78, 5) is 12.8. The fourth-order valence-electron chi connectivity index (χ4n) is 3.42. The Balaban J connectivity index is 2.27. The van der Waals surface area contributed by atoms with Crippen LogP contribution in [-0.2, 0) is 16.4 Å². The Labute approximate surface area is 137 Å². The Morgan fingerprint density at radius 1 is 1.12 bits per heavy atom. The second-order valence-electron chi connectivity index (χ2n) is 5.88. The number of alkyl halides is 3. The number of para-hydroxylation sites is 1. The van der Waals surface area contributed by atoms with E-state index in [2.05, 4.69) is 5.32 Å². The van der Waals surface area contributed by atoms with Crippen molar-refractivity contribution in [2.75, 3.05) is 5.32 Å². The Kier molecular flexibility index (Phi) is 3.78. The molecule has 0 bridgehead atoms. The number of hydrogen-bond acceptors (Lipinski definition) is 2. The van der Waals surface area contributed by atoms with Gasteiger partial charge in [-0.2, -0.15) is 13.2 Å². The summed E-state index contributed by atoms with van der Waals surface area (Å²) in [6, 6.07) is 9.90. The van der Waals surface area contributed by atoms with Gasteiger partial charge in [-0.05, 0) is 35.7 Å². The molecular formula is C18H16F3NO2. The van der Waals surface area contributed by atoms with Crippen molar-refractivity contribution in [3.8, 4) is 5.75 Å². The van der Waals surface area contributed by atoms with Crippen LogP contribution >= 0.6 is 0 Å². The number of hydrogen-bond donors (Lipinski definition) is 2. The largest absolute Gasteiger partial charge is 0.508 e. The Bertz CT molecular complexity index is 784. The van der Waals surface area contributed by atoms with Crippen LogP contribution in [0.25, 0.3) is 0 Å². The Hall–Kier alpha value is -2.50. The predicted molar refractivity (Wildman–Crippen MR) is 83.9 cm³/mol. The molecule has 1 unspecified atom stereocenters. The quantitative estimate of drug-likeness (QED) is 0.871. The summed E-state index contributed by atoms with van der Waals surface area (Å²) in [7, 11) is 0. The molecule has 1 aliphatic heterocycles. The van der Waals surface area contributed by atoms with Crippen molar-refractivity contribution in [3.05, 3.63) is 59.2 Å². The lowest BCUT2D eigenvalue weighted by Gasteiger charge is -2.28. The number of carbonyl (C=O) groups is 1. The zero-order chi connectivity index (χ0) is 17.5. The highest BCUT2D eigenvalue weighted by Gasteiger charge is 2.50. The van der Waals surface area contributed by atoms with Crippen molar-refractivity contribution in [3.63, 3.8) is 0 Å². The molecule has 1 aliphatic rings. The van der Waals surface area contributed by atoms with Crippen molar-refractivity contribution in [2.45, 2.75) is 31.4 Å². The van der Waals surface area contributed by atoms with Crippen LogP contribution in [0.5, 0.6) is 5.75 Å². The molecule has 0 fully saturated rings. The van der Waals surface area contributed by atoms with Crippen LogP contribution in [0.4, 0.5) is 18.9 Å². The molecule has 2 N–H and O–H groups in total. The predicted octanol–water partition coefficient (Wildman–Crippen LogP) is 4.45. The Morgan fingerprint density at radius 2 is 1.79 bits per heavy atom. The first-order valence-electron chi connectivity index (χ1n) is 7.62. The lowest BCUT2D eigenvalue weighted by atomic mass is 9.72. The van der Waals surface area contributed by atoms with E-state index in [9.17, 15) is 23.1 Å². The van der Waals surface area contributed by atoms with Gasteiger partial charge in [-0.25, -0.2) is 0 Å². The van der Waals surface area contributed by atoms with Crippen LogP contribution in [0, 0.1) is 0 Å². The van der Waals surface area contributed by atoms with Gasteiger partial charge in [0.05, 0.1) is 11.3 Å². The molecule has 1 heterocycles. The summed E-state index contributed by atoms with van der Waals surface area (Å²) in [5, 5.41) is 11.9. The van der Waals surface area contributed by atoms with Gasteiger partial charge in [0.1, 0.15) is 11.2 Å². The van der Waals surface area contributed by atoms with Crippen LogP contribution in [0.2, 0.25) is 0 Å². The smallest absolute Gasteiger partial charge is 0.418 e. The molecule has 0 saturated carbocycles. The van der Waals surface area contributed by atoms with Gasteiger partial charge in [-0.3, -0.25) is 4.79 Å². The highest BCUT2D eigenvalue weighted by molar-refractivity contribution is 6.09. The molecule has 0 saturated heterocycles. The third-order valence-electron chi connectivity index (χ3n) is 4.44. The van der Waals surface area contributed by atoms with E-state index in [-0.39, 0.29) is 11.4 Å².